The van der Waals surface area contributed by atoms with Crippen LogP contribution in [0.25, 0.3) is 0 Å². The maximum absolute atomic E-state index is 12.1. The molecule has 0 radical (unpaired) electrons. The predicted molar refractivity (Wildman–Crippen MR) is 44.0 cm³/mol. The van der Waals surface area contributed by atoms with Gasteiger partial charge in [-0.3, -0.25) is 0 Å². The van der Waals surface area contributed by atoms with Crippen molar-refractivity contribution in [3.63, 3.8) is 0 Å². The molecule has 1 aromatic heterocycles. The van der Waals surface area contributed by atoms with Crippen molar-refractivity contribution in [1.82, 2.24) is 4.98 Å². The number of nitrogens with zero attached hydrogens (tertiary/aromatic N) is 1. The van der Waals surface area contributed by atoms with Crippen LogP contribution in [0.3, 0.4) is 0 Å². The van der Waals surface area contributed by atoms with Crippen molar-refractivity contribution < 1.29 is 8.78 Å². The fraction of sp³-hybridized carbons (Fsp3) is 0.286. The Balaban J connectivity index is 3.21. The van der Waals surface area contributed by atoms with E-state index in [4.69, 9.17) is 23.2 Å². The van der Waals surface area contributed by atoms with E-state index in [1.54, 1.807) is 6.92 Å². The first-order chi connectivity index (χ1) is 5.52. The minimum absolute atomic E-state index is 0.0257. The molecule has 1 aromatic rings. The zero-order chi connectivity index (χ0) is 9.30. The summed E-state index contributed by atoms with van der Waals surface area (Å²) in [5.41, 5.74) is 0.123. The number of pyridine rings is 1. The monoisotopic (exact) mass is 211 g/mol. The summed E-state index contributed by atoms with van der Waals surface area (Å²) in [7, 11) is 0. The van der Waals surface area contributed by atoms with Gasteiger partial charge in [0, 0.05) is 10.6 Å². The lowest BCUT2D eigenvalue weighted by Crippen LogP contribution is -1.92. The lowest BCUT2D eigenvalue weighted by atomic mass is 10.3. The summed E-state index contributed by atoms with van der Waals surface area (Å²) in [6, 6.07) is 1.12. The normalized spacial score (nSPS) is 10.8. The van der Waals surface area contributed by atoms with Crippen molar-refractivity contribution in [2.24, 2.45) is 0 Å². The predicted octanol–water partition coefficient (Wildman–Crippen LogP) is 3.63. The fourth-order valence-corrected chi connectivity index (χ4v) is 1.13. The summed E-state index contributed by atoms with van der Waals surface area (Å²) < 4.78 is 24.2. The second-order valence-electron chi connectivity index (χ2n) is 2.25. The Kier molecular flexibility index (Phi) is 2.85. The molecule has 1 heterocycles. The van der Waals surface area contributed by atoms with Gasteiger partial charge in [0.15, 0.2) is 0 Å². The van der Waals surface area contributed by atoms with Crippen LogP contribution in [0.5, 0.6) is 0 Å². The molecule has 0 bridgehead atoms. The van der Waals surface area contributed by atoms with E-state index in [0.29, 0.717) is 5.56 Å². The molecule has 0 saturated carbocycles. The summed E-state index contributed by atoms with van der Waals surface area (Å²) in [5, 5.41) is 0.239. The van der Waals surface area contributed by atoms with Gasteiger partial charge in [-0.05, 0) is 13.0 Å². The van der Waals surface area contributed by atoms with Gasteiger partial charge in [0.05, 0.1) is 0 Å². The quantitative estimate of drug-likeness (QED) is 0.647. The summed E-state index contributed by atoms with van der Waals surface area (Å²) in [6.07, 6.45) is -2.64. The summed E-state index contributed by atoms with van der Waals surface area (Å²) >= 11 is 11.1. The van der Waals surface area contributed by atoms with Crippen LogP contribution in [0.2, 0.25) is 10.2 Å². The Morgan fingerprint density at radius 1 is 1.42 bits per heavy atom. The van der Waals surface area contributed by atoms with E-state index in [9.17, 15) is 8.78 Å². The molecule has 12 heavy (non-hydrogen) atoms. The van der Waals surface area contributed by atoms with Crippen LogP contribution in [0, 0.1) is 6.92 Å². The molecule has 0 aliphatic heterocycles. The minimum Gasteiger partial charge on any atom is -0.235 e. The number of aromatic nitrogens is 1. The highest BCUT2D eigenvalue weighted by Crippen LogP contribution is 2.26. The minimum atomic E-state index is -2.64. The first-order valence-corrected chi connectivity index (χ1v) is 3.88. The summed E-state index contributed by atoms with van der Waals surface area (Å²) in [4.78, 5) is 3.46. The highest BCUT2D eigenvalue weighted by Gasteiger charge is 2.12. The molecule has 0 fully saturated rings. The molecular weight excluding hydrogens is 207 g/mol. The van der Waals surface area contributed by atoms with Gasteiger partial charge in [-0.25, -0.2) is 13.8 Å². The SMILES string of the molecule is Cc1c(Cl)cc(C(F)F)nc1Cl. The number of hydrogen-bond acceptors (Lipinski definition) is 1. The van der Waals surface area contributed by atoms with Crippen LogP contribution in [0.15, 0.2) is 6.07 Å². The molecular formula is C7H5Cl2F2N. The molecule has 5 heteroatoms. The average molecular weight is 212 g/mol. The molecule has 0 amide bonds. The van der Waals surface area contributed by atoms with E-state index in [-0.39, 0.29) is 10.2 Å². The highest BCUT2D eigenvalue weighted by atomic mass is 35.5. The van der Waals surface area contributed by atoms with E-state index >= 15 is 0 Å². The fourth-order valence-electron chi connectivity index (χ4n) is 0.678. The third-order valence-electron chi connectivity index (χ3n) is 1.39. The lowest BCUT2D eigenvalue weighted by Gasteiger charge is -2.03. The van der Waals surface area contributed by atoms with Gasteiger partial charge in [0.2, 0.25) is 0 Å². The Labute approximate surface area is 78.3 Å². The van der Waals surface area contributed by atoms with Gasteiger partial charge in [-0.15, -0.1) is 0 Å². The van der Waals surface area contributed by atoms with Crippen LogP contribution in [-0.4, -0.2) is 4.98 Å². The van der Waals surface area contributed by atoms with E-state index < -0.39 is 12.1 Å². The second-order valence-corrected chi connectivity index (χ2v) is 3.01. The first kappa shape index (κ1) is 9.68. The summed E-state index contributed by atoms with van der Waals surface area (Å²) in [5.74, 6) is 0. The molecule has 0 N–H and O–H groups in total. The van der Waals surface area contributed by atoms with Gasteiger partial charge in [0.1, 0.15) is 10.8 Å². The Hall–Kier alpha value is -0.410. The van der Waals surface area contributed by atoms with Crippen LogP contribution in [0.4, 0.5) is 8.78 Å². The van der Waals surface area contributed by atoms with Crippen molar-refractivity contribution in [3.8, 4) is 0 Å². The molecule has 66 valence electrons. The lowest BCUT2D eigenvalue weighted by molar-refractivity contribution is 0.146. The van der Waals surface area contributed by atoms with Gasteiger partial charge in [-0.2, -0.15) is 0 Å². The molecule has 0 unspecified atom stereocenters. The number of halogens is 4. The topological polar surface area (TPSA) is 12.9 Å². The molecule has 0 aliphatic carbocycles. The van der Waals surface area contributed by atoms with Crippen molar-refractivity contribution in [3.05, 3.63) is 27.5 Å². The van der Waals surface area contributed by atoms with E-state index in [2.05, 4.69) is 4.98 Å². The smallest absolute Gasteiger partial charge is 0.235 e. The Morgan fingerprint density at radius 2 is 2.00 bits per heavy atom. The molecule has 0 atom stereocenters. The Bertz CT molecular complexity index is 278. The molecule has 1 nitrogen and oxygen atoms in total. The van der Waals surface area contributed by atoms with E-state index in [1.807, 2.05) is 0 Å². The van der Waals surface area contributed by atoms with Crippen LogP contribution in [-0.2, 0) is 0 Å². The van der Waals surface area contributed by atoms with Gasteiger partial charge < -0.3 is 0 Å². The molecule has 0 spiro atoms. The van der Waals surface area contributed by atoms with E-state index in [0.717, 1.165) is 6.07 Å². The average Bonchev–Trinajstić information content (AvgIpc) is 1.99. The maximum atomic E-state index is 12.1. The third kappa shape index (κ3) is 1.84. The zero-order valence-electron chi connectivity index (χ0n) is 6.11. The standard InChI is InChI=1S/C7H5Cl2F2N/c1-3-4(8)2-5(7(10)11)12-6(3)9/h2,7H,1H3. The van der Waals surface area contributed by atoms with Crippen LogP contribution in [0.1, 0.15) is 17.7 Å². The maximum Gasteiger partial charge on any atom is 0.280 e. The highest BCUT2D eigenvalue weighted by molar-refractivity contribution is 6.35. The van der Waals surface area contributed by atoms with Gasteiger partial charge >= 0.3 is 0 Å². The zero-order valence-corrected chi connectivity index (χ0v) is 7.63. The molecule has 0 aliphatic rings. The van der Waals surface area contributed by atoms with Crippen molar-refractivity contribution >= 4 is 23.2 Å². The second kappa shape index (κ2) is 3.54. The van der Waals surface area contributed by atoms with Crippen LogP contribution >= 0.6 is 23.2 Å². The first-order valence-electron chi connectivity index (χ1n) is 3.13. The summed E-state index contributed by atoms with van der Waals surface area (Å²) in [6.45, 7) is 1.62. The van der Waals surface area contributed by atoms with Gasteiger partial charge in [0.25, 0.3) is 6.43 Å². The van der Waals surface area contributed by atoms with Crippen LogP contribution < -0.4 is 0 Å². The number of alkyl halides is 2. The van der Waals surface area contributed by atoms with Crippen molar-refractivity contribution in [2.75, 3.05) is 0 Å². The molecule has 0 aromatic carbocycles. The largest absolute Gasteiger partial charge is 0.280 e. The molecule has 0 saturated heterocycles. The Morgan fingerprint density at radius 3 is 2.42 bits per heavy atom. The van der Waals surface area contributed by atoms with Crippen molar-refractivity contribution in [2.45, 2.75) is 13.3 Å². The number of hydrogen-bond donors (Lipinski definition) is 0. The molecule has 1 rings (SSSR count). The third-order valence-corrected chi connectivity index (χ3v) is 2.15. The van der Waals surface area contributed by atoms with Gasteiger partial charge in [-0.1, -0.05) is 23.2 Å². The van der Waals surface area contributed by atoms with E-state index in [1.165, 1.54) is 0 Å². The number of rotatable bonds is 1. The van der Waals surface area contributed by atoms with Crippen molar-refractivity contribution in [1.29, 1.82) is 0 Å².